The summed E-state index contributed by atoms with van der Waals surface area (Å²) in [6.07, 6.45) is 5.80. The smallest absolute Gasteiger partial charge is 0.103 e. The van der Waals surface area contributed by atoms with E-state index >= 15 is 0 Å². The third-order valence-electron chi connectivity index (χ3n) is 3.47. The highest BCUT2D eigenvalue weighted by molar-refractivity contribution is 5.02. The van der Waals surface area contributed by atoms with Crippen LogP contribution in [0.3, 0.4) is 0 Å². The van der Waals surface area contributed by atoms with Crippen LogP contribution in [0.2, 0.25) is 0 Å². The van der Waals surface area contributed by atoms with Gasteiger partial charge in [0.25, 0.3) is 0 Å². The van der Waals surface area contributed by atoms with Crippen molar-refractivity contribution in [2.45, 2.75) is 58.4 Å². The van der Waals surface area contributed by atoms with E-state index in [1.807, 2.05) is 14.0 Å². The quantitative estimate of drug-likeness (QED) is 0.596. The molecule has 0 aliphatic carbocycles. The molecular formula is C14H29N3. The summed E-state index contributed by atoms with van der Waals surface area (Å²) in [7, 11) is 1.86. The second-order valence-corrected chi connectivity index (χ2v) is 4.94. The average Bonchev–Trinajstić information content (AvgIpc) is 2.37. The second kappa shape index (κ2) is 9.44. The molecule has 0 radical (unpaired) electrons. The van der Waals surface area contributed by atoms with Crippen molar-refractivity contribution in [3.63, 3.8) is 0 Å². The fraction of sp³-hybridized carbons (Fsp3) is 0.929. The molecule has 0 spiro atoms. The minimum Gasteiger partial charge on any atom is -0.304 e. The Hall–Kier alpha value is -0.590. The zero-order chi connectivity index (χ0) is 13.1. The number of hydrogen-bond donors (Lipinski definition) is 1. The SMILES string of the molecule is CCCCN(CC)CCCCC(C)(C#N)NC. The van der Waals surface area contributed by atoms with E-state index < -0.39 is 0 Å². The van der Waals surface area contributed by atoms with Crippen LogP contribution in [0, 0.1) is 11.3 Å². The molecule has 0 aliphatic heterocycles. The Morgan fingerprint density at radius 2 is 1.82 bits per heavy atom. The van der Waals surface area contributed by atoms with Gasteiger partial charge in [0.15, 0.2) is 0 Å². The highest BCUT2D eigenvalue weighted by Gasteiger charge is 2.19. The van der Waals surface area contributed by atoms with Crippen molar-refractivity contribution in [1.82, 2.24) is 10.2 Å². The third kappa shape index (κ3) is 7.36. The first-order valence-electron chi connectivity index (χ1n) is 6.94. The number of nitrogens with one attached hydrogen (secondary N) is 1. The average molecular weight is 239 g/mol. The molecule has 0 rings (SSSR count). The van der Waals surface area contributed by atoms with E-state index in [1.165, 1.54) is 32.4 Å². The van der Waals surface area contributed by atoms with Crippen molar-refractivity contribution < 1.29 is 0 Å². The summed E-state index contributed by atoms with van der Waals surface area (Å²) in [6.45, 7) is 9.96. The van der Waals surface area contributed by atoms with Crippen LogP contribution in [0.1, 0.15) is 52.9 Å². The van der Waals surface area contributed by atoms with Gasteiger partial charge in [-0.2, -0.15) is 5.26 Å². The largest absolute Gasteiger partial charge is 0.304 e. The van der Waals surface area contributed by atoms with Crippen molar-refractivity contribution in [3.8, 4) is 6.07 Å². The molecule has 100 valence electrons. The van der Waals surface area contributed by atoms with Gasteiger partial charge in [0.1, 0.15) is 5.54 Å². The normalized spacial score (nSPS) is 14.6. The lowest BCUT2D eigenvalue weighted by Gasteiger charge is -2.23. The van der Waals surface area contributed by atoms with Gasteiger partial charge < -0.3 is 10.2 Å². The fourth-order valence-electron chi connectivity index (χ4n) is 1.86. The Bertz CT molecular complexity index is 222. The summed E-state index contributed by atoms with van der Waals surface area (Å²) >= 11 is 0. The standard InChI is InChI=1S/C14H29N3/c1-5-7-11-17(6-2)12-9-8-10-14(3,13-15)16-4/h16H,5-12H2,1-4H3. The Morgan fingerprint density at radius 3 is 2.29 bits per heavy atom. The molecule has 1 N–H and O–H groups in total. The lowest BCUT2D eigenvalue weighted by atomic mass is 9.97. The van der Waals surface area contributed by atoms with Crippen molar-refractivity contribution in [2.75, 3.05) is 26.7 Å². The summed E-state index contributed by atoms with van der Waals surface area (Å²) in [5.41, 5.74) is -0.347. The van der Waals surface area contributed by atoms with Crippen LogP contribution in [0.25, 0.3) is 0 Å². The maximum atomic E-state index is 9.03. The number of hydrogen-bond acceptors (Lipinski definition) is 3. The molecule has 0 heterocycles. The molecular weight excluding hydrogens is 210 g/mol. The van der Waals surface area contributed by atoms with Crippen molar-refractivity contribution in [2.24, 2.45) is 0 Å². The van der Waals surface area contributed by atoms with Crippen LogP contribution in [0.15, 0.2) is 0 Å². The molecule has 0 aliphatic rings. The van der Waals surface area contributed by atoms with Gasteiger partial charge in [0.2, 0.25) is 0 Å². The lowest BCUT2D eigenvalue weighted by molar-refractivity contribution is 0.272. The van der Waals surface area contributed by atoms with Crippen LogP contribution in [0.4, 0.5) is 0 Å². The first kappa shape index (κ1) is 16.4. The van der Waals surface area contributed by atoms with Gasteiger partial charge in [-0.1, -0.05) is 20.3 Å². The highest BCUT2D eigenvalue weighted by atomic mass is 15.1. The lowest BCUT2D eigenvalue weighted by Crippen LogP contribution is -2.38. The van der Waals surface area contributed by atoms with Crippen molar-refractivity contribution >= 4 is 0 Å². The molecule has 0 aromatic heterocycles. The van der Waals surface area contributed by atoms with E-state index in [9.17, 15) is 0 Å². The third-order valence-corrected chi connectivity index (χ3v) is 3.47. The van der Waals surface area contributed by atoms with Crippen LogP contribution in [-0.4, -0.2) is 37.1 Å². The summed E-state index contributed by atoms with van der Waals surface area (Å²) in [5.74, 6) is 0. The molecule has 0 amide bonds. The zero-order valence-electron chi connectivity index (χ0n) is 12.1. The topological polar surface area (TPSA) is 39.1 Å². The van der Waals surface area contributed by atoms with Crippen molar-refractivity contribution in [3.05, 3.63) is 0 Å². The maximum Gasteiger partial charge on any atom is 0.103 e. The van der Waals surface area contributed by atoms with Gasteiger partial charge in [0.05, 0.1) is 6.07 Å². The van der Waals surface area contributed by atoms with E-state index in [0.717, 1.165) is 19.4 Å². The summed E-state index contributed by atoms with van der Waals surface area (Å²) < 4.78 is 0. The van der Waals surface area contributed by atoms with Crippen LogP contribution in [0.5, 0.6) is 0 Å². The molecule has 0 aromatic carbocycles. The summed E-state index contributed by atoms with van der Waals surface area (Å²) in [5, 5.41) is 12.1. The van der Waals surface area contributed by atoms with E-state index in [0.29, 0.717) is 0 Å². The highest BCUT2D eigenvalue weighted by Crippen LogP contribution is 2.12. The molecule has 0 fully saturated rings. The summed E-state index contributed by atoms with van der Waals surface area (Å²) in [4.78, 5) is 2.51. The Balaban J connectivity index is 3.71. The Kier molecular flexibility index (Phi) is 9.11. The van der Waals surface area contributed by atoms with Crippen LogP contribution in [-0.2, 0) is 0 Å². The first-order valence-corrected chi connectivity index (χ1v) is 6.94. The first-order chi connectivity index (χ1) is 8.11. The molecule has 17 heavy (non-hydrogen) atoms. The van der Waals surface area contributed by atoms with E-state index in [-0.39, 0.29) is 5.54 Å². The summed E-state index contributed by atoms with van der Waals surface area (Å²) in [6, 6.07) is 2.34. The number of nitriles is 1. The van der Waals surface area contributed by atoms with Gasteiger partial charge in [-0.3, -0.25) is 0 Å². The second-order valence-electron chi connectivity index (χ2n) is 4.94. The van der Waals surface area contributed by atoms with E-state index in [1.54, 1.807) is 0 Å². The monoisotopic (exact) mass is 239 g/mol. The molecule has 3 heteroatoms. The molecule has 0 aromatic rings. The minimum absolute atomic E-state index is 0.347. The van der Waals surface area contributed by atoms with Crippen LogP contribution < -0.4 is 5.32 Å². The number of rotatable bonds is 10. The number of nitrogens with zero attached hydrogens (tertiary/aromatic N) is 2. The van der Waals surface area contributed by atoms with Gasteiger partial charge in [-0.15, -0.1) is 0 Å². The van der Waals surface area contributed by atoms with Gasteiger partial charge in [-0.25, -0.2) is 0 Å². The van der Waals surface area contributed by atoms with Crippen LogP contribution >= 0.6 is 0 Å². The van der Waals surface area contributed by atoms with E-state index in [4.69, 9.17) is 5.26 Å². The van der Waals surface area contributed by atoms with Gasteiger partial charge >= 0.3 is 0 Å². The molecule has 0 saturated carbocycles. The fourth-order valence-corrected chi connectivity index (χ4v) is 1.86. The Labute approximate surface area is 107 Å². The zero-order valence-corrected chi connectivity index (χ0v) is 12.1. The van der Waals surface area contributed by atoms with Gasteiger partial charge in [-0.05, 0) is 59.3 Å². The molecule has 1 unspecified atom stereocenters. The maximum absolute atomic E-state index is 9.03. The predicted molar refractivity (Wildman–Crippen MR) is 74.0 cm³/mol. The molecule has 0 saturated heterocycles. The Morgan fingerprint density at radius 1 is 1.18 bits per heavy atom. The molecule has 1 atom stereocenters. The number of unbranched alkanes of at least 4 members (excludes halogenated alkanes) is 2. The van der Waals surface area contributed by atoms with E-state index in [2.05, 4.69) is 30.1 Å². The minimum atomic E-state index is -0.347. The molecule has 0 bridgehead atoms. The van der Waals surface area contributed by atoms with Crippen molar-refractivity contribution in [1.29, 1.82) is 5.26 Å². The predicted octanol–water partition coefficient (Wildman–Crippen LogP) is 2.78. The van der Waals surface area contributed by atoms with Gasteiger partial charge in [0, 0.05) is 0 Å². The molecule has 3 nitrogen and oxygen atoms in total.